The van der Waals surface area contributed by atoms with Gasteiger partial charge in [0.1, 0.15) is 13.2 Å². The number of ether oxygens (including phenoxy) is 1. The minimum absolute atomic E-state index is 0.0255. The van der Waals surface area contributed by atoms with Gasteiger partial charge in [0.15, 0.2) is 0 Å². The lowest BCUT2D eigenvalue weighted by Gasteiger charge is -2.30. The third-order valence-corrected chi connectivity index (χ3v) is 2.33. The molecule has 2 atom stereocenters. The van der Waals surface area contributed by atoms with Crippen molar-refractivity contribution >= 4 is 0 Å². The van der Waals surface area contributed by atoms with Gasteiger partial charge in [0, 0.05) is 11.3 Å². The molecule has 0 radical (unpaired) electrons. The Balaban J connectivity index is 2.63. The summed E-state index contributed by atoms with van der Waals surface area (Å²) in [6, 6.07) is 0. The normalized spacial score (nSPS) is 36.3. The standard InChI is InChI=1S/C7H13NO4/c1-6-2-3-7(4-9,5-12-6)8(10)11/h6,9H,2-5H2,1H3/t6-,7-/m1/s1. The topological polar surface area (TPSA) is 72.6 Å². The monoisotopic (exact) mass is 175 g/mol. The van der Waals surface area contributed by atoms with Crippen LogP contribution in [0.4, 0.5) is 0 Å². The summed E-state index contributed by atoms with van der Waals surface area (Å²) in [5.41, 5.74) is -1.24. The smallest absolute Gasteiger partial charge is 0.267 e. The maximum absolute atomic E-state index is 10.6. The third kappa shape index (κ3) is 1.56. The molecule has 0 aromatic heterocycles. The van der Waals surface area contributed by atoms with Gasteiger partial charge in [-0.1, -0.05) is 0 Å². The Morgan fingerprint density at radius 2 is 2.50 bits per heavy atom. The molecule has 0 amide bonds. The Bertz CT molecular complexity index is 174. The van der Waals surface area contributed by atoms with Crippen molar-refractivity contribution in [3.05, 3.63) is 10.1 Å². The molecule has 0 saturated carbocycles. The largest absolute Gasteiger partial charge is 0.389 e. The first-order valence-electron chi connectivity index (χ1n) is 3.98. The lowest BCUT2D eigenvalue weighted by Crippen LogP contribution is -2.50. The summed E-state index contributed by atoms with van der Waals surface area (Å²) in [6.07, 6.45) is 1.11. The van der Waals surface area contributed by atoms with Crippen LogP contribution in [0.25, 0.3) is 0 Å². The fraction of sp³-hybridized carbons (Fsp3) is 1.00. The first-order chi connectivity index (χ1) is 5.60. The van der Waals surface area contributed by atoms with Gasteiger partial charge < -0.3 is 9.84 Å². The van der Waals surface area contributed by atoms with Gasteiger partial charge >= 0.3 is 0 Å². The van der Waals surface area contributed by atoms with E-state index in [2.05, 4.69) is 0 Å². The van der Waals surface area contributed by atoms with Gasteiger partial charge in [0.25, 0.3) is 5.54 Å². The molecule has 0 spiro atoms. The van der Waals surface area contributed by atoms with Crippen LogP contribution in [0.3, 0.4) is 0 Å². The molecule has 1 N–H and O–H groups in total. The number of hydrogen-bond acceptors (Lipinski definition) is 4. The molecule has 0 aromatic carbocycles. The molecule has 1 fully saturated rings. The van der Waals surface area contributed by atoms with Crippen LogP contribution < -0.4 is 0 Å². The second kappa shape index (κ2) is 3.37. The van der Waals surface area contributed by atoms with Gasteiger partial charge in [0.2, 0.25) is 0 Å². The molecular weight excluding hydrogens is 162 g/mol. The molecule has 0 aliphatic carbocycles. The predicted molar refractivity (Wildman–Crippen MR) is 41.5 cm³/mol. The Morgan fingerprint density at radius 1 is 1.83 bits per heavy atom. The molecule has 0 aromatic rings. The summed E-state index contributed by atoms with van der Waals surface area (Å²) in [4.78, 5) is 10.1. The van der Waals surface area contributed by atoms with Crippen LogP contribution in [-0.2, 0) is 4.74 Å². The number of rotatable bonds is 2. The fourth-order valence-electron chi connectivity index (χ4n) is 1.25. The molecule has 0 unspecified atom stereocenters. The lowest BCUT2D eigenvalue weighted by atomic mass is 9.92. The number of nitrogens with zero attached hydrogens (tertiary/aromatic N) is 1. The number of aliphatic hydroxyl groups excluding tert-OH is 1. The summed E-state index contributed by atoms with van der Waals surface area (Å²) in [7, 11) is 0. The quantitative estimate of drug-likeness (QED) is 0.480. The Labute approximate surface area is 70.5 Å². The highest BCUT2D eigenvalue weighted by Crippen LogP contribution is 2.25. The number of hydrogen-bond donors (Lipinski definition) is 1. The zero-order valence-corrected chi connectivity index (χ0v) is 7.02. The van der Waals surface area contributed by atoms with Crippen molar-refractivity contribution in [3.63, 3.8) is 0 Å². The van der Waals surface area contributed by atoms with E-state index in [4.69, 9.17) is 9.84 Å². The third-order valence-electron chi connectivity index (χ3n) is 2.33. The molecule has 5 nitrogen and oxygen atoms in total. The van der Waals surface area contributed by atoms with Crippen molar-refractivity contribution in [2.24, 2.45) is 0 Å². The van der Waals surface area contributed by atoms with Crippen molar-refractivity contribution in [1.29, 1.82) is 0 Å². The van der Waals surface area contributed by atoms with E-state index in [1.807, 2.05) is 6.92 Å². The fourth-order valence-corrected chi connectivity index (χ4v) is 1.25. The summed E-state index contributed by atoms with van der Waals surface area (Å²) in [6.45, 7) is 1.46. The van der Waals surface area contributed by atoms with Crippen molar-refractivity contribution in [1.82, 2.24) is 0 Å². The molecular formula is C7H13NO4. The Hall–Kier alpha value is -0.680. The molecule has 0 bridgehead atoms. The van der Waals surface area contributed by atoms with Crippen LogP contribution in [-0.4, -0.2) is 34.9 Å². The van der Waals surface area contributed by atoms with Gasteiger partial charge in [-0.3, -0.25) is 10.1 Å². The van der Waals surface area contributed by atoms with E-state index in [1.165, 1.54) is 0 Å². The molecule has 70 valence electrons. The maximum Gasteiger partial charge on any atom is 0.267 e. The maximum atomic E-state index is 10.6. The molecule has 1 rings (SSSR count). The average molecular weight is 175 g/mol. The Morgan fingerprint density at radius 3 is 2.83 bits per heavy atom. The molecule has 1 heterocycles. The van der Waals surface area contributed by atoms with E-state index in [0.717, 1.165) is 0 Å². The van der Waals surface area contributed by atoms with Gasteiger partial charge in [-0.05, 0) is 13.3 Å². The highest BCUT2D eigenvalue weighted by atomic mass is 16.6. The van der Waals surface area contributed by atoms with E-state index >= 15 is 0 Å². The Kier molecular flexibility index (Phi) is 2.64. The van der Waals surface area contributed by atoms with Crippen LogP contribution in [0.2, 0.25) is 0 Å². The minimum atomic E-state index is -1.24. The van der Waals surface area contributed by atoms with E-state index in [9.17, 15) is 10.1 Å². The first-order valence-corrected chi connectivity index (χ1v) is 3.98. The molecule has 1 saturated heterocycles. The van der Waals surface area contributed by atoms with Crippen molar-refractivity contribution in [3.8, 4) is 0 Å². The molecule has 1 aliphatic rings. The van der Waals surface area contributed by atoms with E-state index < -0.39 is 17.1 Å². The molecule has 1 aliphatic heterocycles. The number of nitro groups is 1. The zero-order chi connectivity index (χ0) is 9.19. The second-order valence-electron chi connectivity index (χ2n) is 3.30. The average Bonchev–Trinajstić information content (AvgIpc) is 2.06. The SMILES string of the molecule is C[C@@H]1CC[C@](CO)([N+](=O)[O-])CO1. The van der Waals surface area contributed by atoms with E-state index in [0.29, 0.717) is 12.8 Å². The van der Waals surface area contributed by atoms with E-state index in [-0.39, 0.29) is 12.7 Å². The minimum Gasteiger partial charge on any atom is -0.389 e. The van der Waals surface area contributed by atoms with Gasteiger partial charge in [-0.15, -0.1) is 0 Å². The van der Waals surface area contributed by atoms with Crippen LogP contribution in [0.5, 0.6) is 0 Å². The number of aliphatic hydroxyl groups is 1. The second-order valence-corrected chi connectivity index (χ2v) is 3.30. The summed E-state index contributed by atoms with van der Waals surface area (Å²) in [5.74, 6) is 0. The first kappa shape index (κ1) is 9.41. The summed E-state index contributed by atoms with van der Waals surface area (Å²) in [5, 5.41) is 19.5. The van der Waals surface area contributed by atoms with E-state index in [1.54, 1.807) is 0 Å². The van der Waals surface area contributed by atoms with Gasteiger partial charge in [-0.2, -0.15) is 0 Å². The highest BCUT2D eigenvalue weighted by Gasteiger charge is 2.45. The van der Waals surface area contributed by atoms with Crippen LogP contribution in [0.15, 0.2) is 0 Å². The van der Waals surface area contributed by atoms with Crippen molar-refractivity contribution < 1.29 is 14.8 Å². The lowest BCUT2D eigenvalue weighted by molar-refractivity contribution is -0.584. The highest BCUT2D eigenvalue weighted by molar-refractivity contribution is 4.83. The zero-order valence-electron chi connectivity index (χ0n) is 7.02. The molecule has 5 heteroatoms. The van der Waals surface area contributed by atoms with Gasteiger partial charge in [0.05, 0.1) is 6.10 Å². The predicted octanol–water partition coefficient (Wildman–Crippen LogP) is 0.193. The van der Waals surface area contributed by atoms with Crippen molar-refractivity contribution in [2.45, 2.75) is 31.4 Å². The summed E-state index contributed by atoms with van der Waals surface area (Å²) < 4.78 is 5.14. The molecule has 12 heavy (non-hydrogen) atoms. The summed E-state index contributed by atoms with van der Waals surface area (Å²) >= 11 is 0. The van der Waals surface area contributed by atoms with Gasteiger partial charge in [-0.25, -0.2) is 0 Å². The van der Waals surface area contributed by atoms with Crippen molar-refractivity contribution in [2.75, 3.05) is 13.2 Å². The van der Waals surface area contributed by atoms with Crippen LogP contribution in [0, 0.1) is 10.1 Å². The van der Waals surface area contributed by atoms with Crippen LogP contribution >= 0.6 is 0 Å². The van der Waals surface area contributed by atoms with Crippen LogP contribution in [0.1, 0.15) is 19.8 Å².